The number of carboxylic acid groups (broad SMARTS) is 1. The van der Waals surface area contributed by atoms with Crippen molar-refractivity contribution < 1.29 is 29.1 Å². The molecule has 0 radical (unpaired) electrons. The maximum absolute atomic E-state index is 11.9. The van der Waals surface area contributed by atoms with Crippen molar-refractivity contribution in [1.29, 1.82) is 0 Å². The van der Waals surface area contributed by atoms with Gasteiger partial charge in [-0.2, -0.15) is 0 Å². The second-order valence-electron chi connectivity index (χ2n) is 5.13. The Bertz CT molecular complexity index is 509. The van der Waals surface area contributed by atoms with Gasteiger partial charge in [0, 0.05) is 6.42 Å². The lowest BCUT2D eigenvalue weighted by molar-refractivity contribution is -0.142. The van der Waals surface area contributed by atoms with Crippen LogP contribution in [0.5, 0.6) is 0 Å². The summed E-state index contributed by atoms with van der Waals surface area (Å²) in [5, 5.41) is 15.8. The molecule has 0 aliphatic rings. The highest BCUT2D eigenvalue weighted by Gasteiger charge is 2.25. The molecule has 11 heteroatoms. The summed E-state index contributed by atoms with van der Waals surface area (Å²) in [5.74, 6) is -3.94. The van der Waals surface area contributed by atoms with Gasteiger partial charge in [0.05, 0.1) is 6.54 Å². The van der Waals surface area contributed by atoms with Crippen LogP contribution >= 0.6 is 0 Å². The molecular weight excluding hydrogens is 322 g/mol. The second-order valence-corrected chi connectivity index (χ2v) is 5.13. The maximum Gasteiger partial charge on any atom is 0.326 e. The molecule has 0 saturated carbocycles. The minimum absolute atomic E-state index is 0.167. The van der Waals surface area contributed by atoms with Gasteiger partial charge in [0.25, 0.3) is 0 Å². The SMILES string of the molecule is CC(NC(=O)CN)C(=O)NC(C)C(=O)NC(CCC(N)=O)C(=O)O. The third-order valence-corrected chi connectivity index (χ3v) is 3.00. The lowest BCUT2D eigenvalue weighted by Crippen LogP contribution is -2.54. The molecule has 136 valence electrons. The lowest BCUT2D eigenvalue weighted by atomic mass is 10.1. The summed E-state index contributed by atoms with van der Waals surface area (Å²) >= 11 is 0. The first-order valence-electron chi connectivity index (χ1n) is 7.19. The van der Waals surface area contributed by atoms with E-state index in [-0.39, 0.29) is 19.4 Å². The normalized spacial score (nSPS) is 14.0. The van der Waals surface area contributed by atoms with Crippen LogP contribution in [0.3, 0.4) is 0 Å². The third kappa shape index (κ3) is 8.08. The highest BCUT2D eigenvalue weighted by molar-refractivity contribution is 5.93. The van der Waals surface area contributed by atoms with Gasteiger partial charge in [-0.25, -0.2) is 4.79 Å². The number of carboxylic acids is 1. The van der Waals surface area contributed by atoms with Gasteiger partial charge in [-0.15, -0.1) is 0 Å². The highest BCUT2D eigenvalue weighted by atomic mass is 16.4. The number of nitrogens with one attached hydrogen (secondary N) is 3. The van der Waals surface area contributed by atoms with Crippen molar-refractivity contribution in [2.24, 2.45) is 11.5 Å². The fourth-order valence-electron chi connectivity index (χ4n) is 1.61. The van der Waals surface area contributed by atoms with E-state index in [2.05, 4.69) is 16.0 Å². The van der Waals surface area contributed by atoms with E-state index >= 15 is 0 Å². The molecule has 8 N–H and O–H groups in total. The Labute approximate surface area is 138 Å². The number of rotatable bonds is 10. The predicted octanol–water partition coefficient (Wildman–Crippen LogP) is -3.21. The molecule has 0 bridgehead atoms. The average Bonchev–Trinajstić information content (AvgIpc) is 2.49. The Balaban J connectivity index is 4.57. The summed E-state index contributed by atoms with van der Waals surface area (Å²) in [6, 6.07) is -3.27. The van der Waals surface area contributed by atoms with E-state index in [0.29, 0.717) is 0 Å². The number of carbonyl (C=O) groups excluding carboxylic acids is 4. The number of carbonyl (C=O) groups is 5. The molecule has 0 rings (SSSR count). The molecule has 0 aromatic rings. The van der Waals surface area contributed by atoms with E-state index in [9.17, 15) is 24.0 Å². The summed E-state index contributed by atoms with van der Waals surface area (Å²) < 4.78 is 0. The number of aliphatic carboxylic acids is 1. The second kappa shape index (κ2) is 10.2. The number of hydrogen-bond acceptors (Lipinski definition) is 6. The van der Waals surface area contributed by atoms with Crippen LogP contribution in [0.4, 0.5) is 0 Å². The fourth-order valence-corrected chi connectivity index (χ4v) is 1.61. The Morgan fingerprint density at radius 3 is 1.92 bits per heavy atom. The molecule has 0 heterocycles. The number of amides is 4. The first-order valence-corrected chi connectivity index (χ1v) is 7.19. The van der Waals surface area contributed by atoms with Crippen LogP contribution in [0.15, 0.2) is 0 Å². The van der Waals surface area contributed by atoms with E-state index in [0.717, 1.165) is 0 Å². The van der Waals surface area contributed by atoms with Crippen molar-refractivity contribution in [2.75, 3.05) is 6.54 Å². The lowest BCUT2D eigenvalue weighted by Gasteiger charge is -2.20. The van der Waals surface area contributed by atoms with Crippen LogP contribution in [0, 0.1) is 0 Å². The van der Waals surface area contributed by atoms with Gasteiger partial charge in [0.15, 0.2) is 0 Å². The standard InChI is InChI=1S/C13H23N5O6/c1-6(16-10(20)5-14)11(21)17-7(2)12(22)18-8(13(23)24)3-4-9(15)19/h6-8H,3-5,14H2,1-2H3,(H2,15,19)(H,16,20)(H,17,21)(H,18,22)(H,23,24). The Kier molecular flexibility index (Phi) is 9.02. The van der Waals surface area contributed by atoms with Crippen LogP contribution < -0.4 is 27.4 Å². The van der Waals surface area contributed by atoms with E-state index in [1.54, 1.807) is 0 Å². The number of hydrogen-bond donors (Lipinski definition) is 6. The van der Waals surface area contributed by atoms with Crippen LogP contribution in [-0.2, 0) is 24.0 Å². The van der Waals surface area contributed by atoms with E-state index in [1.807, 2.05) is 0 Å². The third-order valence-electron chi connectivity index (χ3n) is 3.00. The summed E-state index contributed by atoms with van der Waals surface area (Å²) in [6.07, 6.45) is -0.375. The molecule has 0 fully saturated rings. The molecule has 4 amide bonds. The molecular formula is C13H23N5O6. The minimum atomic E-state index is -1.33. The smallest absolute Gasteiger partial charge is 0.326 e. The molecule has 11 nitrogen and oxygen atoms in total. The minimum Gasteiger partial charge on any atom is -0.480 e. The Hall–Kier alpha value is -2.69. The van der Waals surface area contributed by atoms with Gasteiger partial charge in [-0.3, -0.25) is 19.2 Å². The Morgan fingerprint density at radius 2 is 1.46 bits per heavy atom. The fraction of sp³-hybridized carbons (Fsp3) is 0.615. The van der Waals surface area contributed by atoms with E-state index in [4.69, 9.17) is 16.6 Å². The van der Waals surface area contributed by atoms with Crippen LogP contribution in [0.2, 0.25) is 0 Å². The first-order chi connectivity index (χ1) is 11.1. The van der Waals surface area contributed by atoms with Crippen molar-refractivity contribution >= 4 is 29.6 Å². The summed E-state index contributed by atoms with van der Waals surface area (Å²) in [7, 11) is 0. The van der Waals surface area contributed by atoms with Crippen LogP contribution in [0.1, 0.15) is 26.7 Å². The van der Waals surface area contributed by atoms with Crippen molar-refractivity contribution in [1.82, 2.24) is 16.0 Å². The molecule has 0 spiro atoms. The molecule has 3 unspecified atom stereocenters. The zero-order chi connectivity index (χ0) is 18.9. The quantitative estimate of drug-likeness (QED) is 0.240. The molecule has 0 aliphatic carbocycles. The Morgan fingerprint density at radius 1 is 0.958 bits per heavy atom. The van der Waals surface area contributed by atoms with Crippen molar-refractivity contribution in [3.8, 4) is 0 Å². The van der Waals surface area contributed by atoms with Crippen molar-refractivity contribution in [3.63, 3.8) is 0 Å². The summed E-state index contributed by atoms with van der Waals surface area (Å²) in [6.45, 7) is 2.46. The van der Waals surface area contributed by atoms with Gasteiger partial charge < -0.3 is 32.5 Å². The molecule has 24 heavy (non-hydrogen) atoms. The molecule has 3 atom stereocenters. The van der Waals surface area contributed by atoms with Gasteiger partial charge in [0.2, 0.25) is 23.6 Å². The monoisotopic (exact) mass is 345 g/mol. The zero-order valence-corrected chi connectivity index (χ0v) is 13.5. The molecule has 0 saturated heterocycles. The average molecular weight is 345 g/mol. The largest absolute Gasteiger partial charge is 0.480 e. The number of primary amides is 1. The zero-order valence-electron chi connectivity index (χ0n) is 13.5. The number of nitrogens with two attached hydrogens (primary N) is 2. The first kappa shape index (κ1) is 21.3. The van der Waals surface area contributed by atoms with Gasteiger partial charge in [-0.1, -0.05) is 0 Å². The highest BCUT2D eigenvalue weighted by Crippen LogP contribution is 1.99. The summed E-state index contributed by atoms with van der Waals surface area (Å²) in [4.78, 5) is 56.6. The van der Waals surface area contributed by atoms with Crippen molar-refractivity contribution in [2.45, 2.75) is 44.8 Å². The van der Waals surface area contributed by atoms with Crippen LogP contribution in [0.25, 0.3) is 0 Å². The van der Waals surface area contributed by atoms with E-state index < -0.39 is 47.7 Å². The molecule has 0 aromatic heterocycles. The molecule has 0 aromatic carbocycles. The predicted molar refractivity (Wildman–Crippen MR) is 82.3 cm³/mol. The van der Waals surface area contributed by atoms with E-state index in [1.165, 1.54) is 13.8 Å². The summed E-state index contributed by atoms with van der Waals surface area (Å²) in [5.41, 5.74) is 10.0. The van der Waals surface area contributed by atoms with Gasteiger partial charge in [0.1, 0.15) is 18.1 Å². The van der Waals surface area contributed by atoms with Crippen LogP contribution in [-0.4, -0.2) is 59.4 Å². The van der Waals surface area contributed by atoms with Gasteiger partial charge >= 0.3 is 5.97 Å². The molecule has 0 aliphatic heterocycles. The van der Waals surface area contributed by atoms with Gasteiger partial charge in [-0.05, 0) is 20.3 Å². The topological polar surface area (TPSA) is 194 Å². The van der Waals surface area contributed by atoms with Crippen molar-refractivity contribution in [3.05, 3.63) is 0 Å². The maximum atomic E-state index is 11.9.